The normalized spacial score (nSPS) is 16.6. The molecule has 9 heteroatoms. The van der Waals surface area contributed by atoms with Crippen LogP contribution in [-0.4, -0.2) is 72.7 Å². The molecule has 1 N–H and O–H groups in total. The largest absolute Gasteiger partial charge is 0.467 e. The summed E-state index contributed by atoms with van der Waals surface area (Å²) in [6.45, 7) is 4.01. The molecule has 1 saturated heterocycles. The van der Waals surface area contributed by atoms with Gasteiger partial charge in [0.15, 0.2) is 6.04 Å². The molecule has 3 aromatic rings. The summed E-state index contributed by atoms with van der Waals surface area (Å²) in [5.74, 6) is -1.88. The molecule has 2 aliphatic rings. The third kappa shape index (κ3) is 6.26. The highest BCUT2D eigenvalue weighted by Gasteiger charge is 2.48. The molecule has 1 aliphatic carbocycles. The molecule has 0 spiro atoms. The Kier molecular flexibility index (Phi) is 9.09. The number of methoxy groups -OCH3 is 1. The van der Waals surface area contributed by atoms with Gasteiger partial charge in [-0.25, -0.2) is 19.3 Å². The van der Waals surface area contributed by atoms with Gasteiger partial charge in [-0.3, -0.25) is 4.79 Å². The third-order valence-electron chi connectivity index (χ3n) is 8.18. The Morgan fingerprint density at radius 1 is 0.907 bits per heavy atom. The number of ether oxygens (including phenoxy) is 2. The Hall–Kier alpha value is -4.66. The number of nitrogens with one attached hydrogen (secondary N) is 1. The Morgan fingerprint density at radius 2 is 1.51 bits per heavy atom. The van der Waals surface area contributed by atoms with E-state index >= 15 is 0 Å². The van der Waals surface area contributed by atoms with Crippen LogP contribution in [0.4, 0.5) is 9.59 Å². The number of nitrogens with zero attached hydrogens (tertiary/aromatic N) is 2. The fourth-order valence-corrected chi connectivity index (χ4v) is 5.95. The van der Waals surface area contributed by atoms with Crippen LogP contribution in [0.3, 0.4) is 0 Å². The molecule has 1 heterocycles. The van der Waals surface area contributed by atoms with Gasteiger partial charge in [-0.15, -0.1) is 0 Å². The molecule has 0 aromatic heterocycles. The fraction of sp³-hybridized carbons (Fsp3) is 0.353. The summed E-state index contributed by atoms with van der Waals surface area (Å²) in [7, 11) is 1.22. The van der Waals surface area contributed by atoms with E-state index in [4.69, 9.17) is 9.47 Å². The number of alkyl carbamates (subject to hydrolysis) is 1. The number of hydrogen-bond acceptors (Lipinski definition) is 6. The highest BCUT2D eigenvalue weighted by molar-refractivity contribution is 6.04. The molecule has 3 aromatic carbocycles. The van der Waals surface area contributed by atoms with Crippen molar-refractivity contribution in [2.75, 3.05) is 26.8 Å². The van der Waals surface area contributed by atoms with Gasteiger partial charge in [0.25, 0.3) is 5.91 Å². The highest BCUT2D eigenvalue weighted by Crippen LogP contribution is 2.44. The molecule has 1 fully saturated rings. The average molecular weight is 584 g/mol. The van der Waals surface area contributed by atoms with E-state index in [1.54, 1.807) is 13.8 Å². The van der Waals surface area contributed by atoms with E-state index in [0.29, 0.717) is 13.0 Å². The lowest BCUT2D eigenvalue weighted by Gasteiger charge is -2.28. The van der Waals surface area contributed by atoms with Gasteiger partial charge in [0.2, 0.25) is 0 Å². The third-order valence-corrected chi connectivity index (χ3v) is 8.18. The molecule has 5 rings (SSSR count). The predicted molar refractivity (Wildman–Crippen MR) is 161 cm³/mol. The van der Waals surface area contributed by atoms with Crippen molar-refractivity contribution in [1.82, 2.24) is 15.1 Å². The lowest BCUT2D eigenvalue weighted by atomic mass is 9.98. The van der Waals surface area contributed by atoms with E-state index in [1.165, 1.54) is 12.0 Å². The fourth-order valence-electron chi connectivity index (χ4n) is 5.95. The molecule has 2 atom stereocenters. The standard InChI is InChI=1S/C34H37N3O6/c1-22(2)30(35-33(40)43-21-28-26-17-9-7-15-24(26)25-16-8-10-18-27(25)28)31(38)37-29(32(39)42-3)20-36(34(37)41)19-11-14-23-12-5-4-6-13-23/h4-10,12-13,15-18,22,28-30H,11,14,19-21H2,1-3H3,(H,35,40)/t29-,30-/m0/s1. The van der Waals surface area contributed by atoms with Gasteiger partial charge in [-0.05, 0) is 46.6 Å². The van der Waals surface area contributed by atoms with Crippen LogP contribution < -0.4 is 5.32 Å². The smallest absolute Gasteiger partial charge is 0.407 e. The van der Waals surface area contributed by atoms with Crippen molar-refractivity contribution in [2.24, 2.45) is 5.92 Å². The van der Waals surface area contributed by atoms with E-state index in [2.05, 4.69) is 17.4 Å². The van der Waals surface area contributed by atoms with E-state index in [1.807, 2.05) is 66.7 Å². The van der Waals surface area contributed by atoms with Crippen LogP contribution in [0, 0.1) is 5.92 Å². The molecule has 224 valence electrons. The summed E-state index contributed by atoms with van der Waals surface area (Å²) in [6.07, 6.45) is 0.645. The van der Waals surface area contributed by atoms with Gasteiger partial charge in [0.05, 0.1) is 13.7 Å². The Bertz CT molecular complexity index is 1440. The Morgan fingerprint density at radius 3 is 2.12 bits per heavy atom. The SMILES string of the molecule is COC(=O)[C@@H]1CN(CCCc2ccccc2)C(=O)N1C(=O)[C@@H](NC(=O)OCC1c2ccccc2-c2ccccc21)C(C)C. The lowest BCUT2D eigenvalue weighted by Crippen LogP contribution is -2.55. The van der Waals surface area contributed by atoms with E-state index < -0.39 is 36.1 Å². The van der Waals surface area contributed by atoms with Crippen molar-refractivity contribution in [3.8, 4) is 11.1 Å². The molecular weight excluding hydrogens is 546 g/mol. The maximum Gasteiger partial charge on any atom is 0.407 e. The second-order valence-electron chi connectivity index (χ2n) is 11.3. The zero-order chi connectivity index (χ0) is 30.5. The summed E-state index contributed by atoms with van der Waals surface area (Å²) >= 11 is 0. The maximum absolute atomic E-state index is 13.8. The first-order chi connectivity index (χ1) is 20.8. The van der Waals surface area contributed by atoms with Crippen LogP contribution >= 0.6 is 0 Å². The van der Waals surface area contributed by atoms with Crippen molar-refractivity contribution < 1.29 is 28.7 Å². The maximum atomic E-state index is 13.8. The molecule has 0 unspecified atom stereocenters. The minimum atomic E-state index is -1.10. The molecule has 0 bridgehead atoms. The zero-order valence-electron chi connectivity index (χ0n) is 24.7. The van der Waals surface area contributed by atoms with E-state index in [-0.39, 0.29) is 25.0 Å². The van der Waals surface area contributed by atoms with Gasteiger partial charge in [-0.2, -0.15) is 0 Å². The molecular formula is C34H37N3O6. The van der Waals surface area contributed by atoms with Crippen molar-refractivity contribution in [2.45, 2.75) is 44.7 Å². The van der Waals surface area contributed by atoms with Crippen LogP contribution in [0.15, 0.2) is 78.9 Å². The molecule has 9 nitrogen and oxygen atoms in total. The lowest BCUT2D eigenvalue weighted by molar-refractivity contribution is -0.149. The van der Waals surface area contributed by atoms with Crippen molar-refractivity contribution in [3.05, 3.63) is 95.6 Å². The summed E-state index contributed by atoms with van der Waals surface area (Å²) in [5.41, 5.74) is 5.50. The van der Waals surface area contributed by atoms with Crippen LogP contribution in [0.5, 0.6) is 0 Å². The average Bonchev–Trinajstić information content (AvgIpc) is 3.52. The Balaban J connectivity index is 1.25. The number of esters is 1. The van der Waals surface area contributed by atoms with Crippen molar-refractivity contribution in [3.63, 3.8) is 0 Å². The highest BCUT2D eigenvalue weighted by atomic mass is 16.5. The number of aryl methyl sites for hydroxylation is 1. The van der Waals surface area contributed by atoms with Crippen LogP contribution in [0.2, 0.25) is 0 Å². The second-order valence-corrected chi connectivity index (χ2v) is 11.3. The van der Waals surface area contributed by atoms with Gasteiger partial charge < -0.3 is 19.7 Å². The van der Waals surface area contributed by atoms with E-state index in [9.17, 15) is 19.2 Å². The van der Waals surface area contributed by atoms with Gasteiger partial charge in [0.1, 0.15) is 12.6 Å². The number of amides is 4. The number of urea groups is 1. The topological polar surface area (TPSA) is 105 Å². The number of carbonyl (C=O) groups excluding carboxylic acids is 4. The van der Waals surface area contributed by atoms with Crippen molar-refractivity contribution in [1.29, 1.82) is 0 Å². The summed E-state index contributed by atoms with van der Waals surface area (Å²) < 4.78 is 10.6. The van der Waals surface area contributed by atoms with Crippen LogP contribution in [-0.2, 0) is 25.5 Å². The number of benzene rings is 3. The predicted octanol–water partition coefficient (Wildman–Crippen LogP) is 4.99. The monoisotopic (exact) mass is 583 g/mol. The number of hydrogen-bond donors (Lipinski definition) is 1. The van der Waals surface area contributed by atoms with E-state index in [0.717, 1.165) is 39.1 Å². The van der Waals surface area contributed by atoms with Crippen LogP contribution in [0.1, 0.15) is 42.9 Å². The molecule has 43 heavy (non-hydrogen) atoms. The van der Waals surface area contributed by atoms with Gasteiger partial charge in [-0.1, -0.05) is 92.7 Å². The second kappa shape index (κ2) is 13.1. The minimum Gasteiger partial charge on any atom is -0.467 e. The zero-order valence-corrected chi connectivity index (χ0v) is 24.7. The summed E-state index contributed by atoms with van der Waals surface area (Å²) in [5, 5.41) is 2.67. The summed E-state index contributed by atoms with van der Waals surface area (Å²) in [6, 6.07) is 23.2. The Labute approximate surface area is 251 Å². The first kappa shape index (κ1) is 29.8. The number of carbonyl (C=O) groups is 4. The number of imide groups is 1. The minimum absolute atomic E-state index is 0.0296. The van der Waals surface area contributed by atoms with Crippen LogP contribution in [0.25, 0.3) is 11.1 Å². The first-order valence-electron chi connectivity index (χ1n) is 14.6. The first-order valence-corrected chi connectivity index (χ1v) is 14.6. The number of rotatable bonds is 10. The van der Waals surface area contributed by atoms with Crippen molar-refractivity contribution >= 4 is 24.0 Å². The van der Waals surface area contributed by atoms with Gasteiger partial charge in [0, 0.05) is 12.5 Å². The summed E-state index contributed by atoms with van der Waals surface area (Å²) in [4.78, 5) is 55.4. The van der Waals surface area contributed by atoms with Gasteiger partial charge >= 0.3 is 18.1 Å². The molecule has 0 saturated carbocycles. The number of fused-ring (bicyclic) bond motifs is 3. The molecule has 4 amide bonds. The molecule has 0 radical (unpaired) electrons. The molecule has 1 aliphatic heterocycles. The quantitative estimate of drug-likeness (QED) is 0.337.